The molecule has 6 heteroatoms. The van der Waals surface area contributed by atoms with Crippen molar-refractivity contribution < 1.29 is 29.2 Å². The van der Waals surface area contributed by atoms with Crippen molar-refractivity contribution in [2.24, 2.45) is 0 Å². The highest BCUT2D eigenvalue weighted by Gasteiger charge is 2.58. The SMILES string of the molecule is COC(CC/C=C\[C@@]12OC(C)(C)O[C@@H]1[C@@H](O)C=C[C@H]2O)OC. The van der Waals surface area contributed by atoms with E-state index in [1.54, 1.807) is 40.2 Å². The molecule has 0 saturated carbocycles. The Morgan fingerprint density at radius 1 is 1.23 bits per heavy atom. The van der Waals surface area contributed by atoms with Crippen LogP contribution in [0.2, 0.25) is 0 Å². The molecule has 2 rings (SSSR count). The van der Waals surface area contributed by atoms with Gasteiger partial charge in [-0.1, -0.05) is 24.3 Å². The Bertz CT molecular complexity index is 428. The highest BCUT2D eigenvalue weighted by atomic mass is 16.8. The molecule has 6 nitrogen and oxygen atoms in total. The molecule has 0 aromatic carbocycles. The summed E-state index contributed by atoms with van der Waals surface area (Å²) < 4.78 is 22.0. The van der Waals surface area contributed by atoms with Crippen LogP contribution >= 0.6 is 0 Å². The molecule has 0 aromatic rings. The van der Waals surface area contributed by atoms with Gasteiger partial charge in [-0.25, -0.2) is 0 Å². The molecule has 2 aliphatic rings. The third kappa shape index (κ3) is 3.42. The highest BCUT2D eigenvalue weighted by Crippen LogP contribution is 2.44. The van der Waals surface area contributed by atoms with Crippen LogP contribution in [0.3, 0.4) is 0 Å². The van der Waals surface area contributed by atoms with Crippen molar-refractivity contribution in [1.82, 2.24) is 0 Å². The zero-order chi connectivity index (χ0) is 16.4. The van der Waals surface area contributed by atoms with E-state index in [2.05, 4.69) is 0 Å². The summed E-state index contributed by atoms with van der Waals surface area (Å²) in [5.74, 6) is -0.870. The van der Waals surface area contributed by atoms with Gasteiger partial charge in [-0.3, -0.25) is 0 Å². The van der Waals surface area contributed by atoms with Gasteiger partial charge in [0, 0.05) is 20.6 Å². The number of rotatable bonds is 6. The fraction of sp³-hybridized carbons (Fsp3) is 0.750. The van der Waals surface area contributed by atoms with Gasteiger partial charge in [0.1, 0.15) is 23.9 Å². The van der Waals surface area contributed by atoms with Crippen LogP contribution in [0.1, 0.15) is 26.7 Å². The predicted octanol–water partition coefficient (Wildman–Crippen LogP) is 1.12. The normalized spacial score (nSPS) is 37.1. The van der Waals surface area contributed by atoms with Crippen LogP contribution in [0.15, 0.2) is 24.3 Å². The van der Waals surface area contributed by atoms with Crippen LogP contribution in [0.5, 0.6) is 0 Å². The number of ether oxygens (including phenoxy) is 4. The first-order chi connectivity index (χ1) is 10.3. The molecule has 1 aliphatic heterocycles. The third-order valence-electron chi connectivity index (χ3n) is 4.01. The summed E-state index contributed by atoms with van der Waals surface area (Å²) >= 11 is 0. The molecule has 0 aromatic heterocycles. The zero-order valence-electron chi connectivity index (χ0n) is 13.6. The summed E-state index contributed by atoms with van der Waals surface area (Å²) in [5, 5.41) is 20.5. The van der Waals surface area contributed by atoms with Crippen molar-refractivity contribution in [2.75, 3.05) is 14.2 Å². The molecular weight excluding hydrogens is 288 g/mol. The average Bonchev–Trinajstić information content (AvgIpc) is 2.77. The van der Waals surface area contributed by atoms with Crippen molar-refractivity contribution in [3.05, 3.63) is 24.3 Å². The van der Waals surface area contributed by atoms with Crippen molar-refractivity contribution in [3.8, 4) is 0 Å². The van der Waals surface area contributed by atoms with E-state index in [0.29, 0.717) is 12.8 Å². The largest absolute Gasteiger partial charge is 0.386 e. The molecule has 1 aliphatic carbocycles. The van der Waals surface area contributed by atoms with E-state index >= 15 is 0 Å². The second kappa shape index (κ2) is 6.78. The fourth-order valence-electron chi connectivity index (χ4n) is 3.00. The lowest BCUT2D eigenvalue weighted by Crippen LogP contribution is -2.55. The number of aliphatic hydroxyl groups is 2. The number of hydrogen-bond acceptors (Lipinski definition) is 6. The van der Waals surface area contributed by atoms with Crippen molar-refractivity contribution in [1.29, 1.82) is 0 Å². The molecule has 4 atom stereocenters. The Labute approximate surface area is 131 Å². The average molecular weight is 314 g/mol. The van der Waals surface area contributed by atoms with Crippen LogP contribution in [0, 0.1) is 0 Å². The van der Waals surface area contributed by atoms with Gasteiger partial charge < -0.3 is 29.2 Å². The molecule has 126 valence electrons. The van der Waals surface area contributed by atoms with E-state index in [0.717, 1.165) is 0 Å². The number of hydrogen-bond donors (Lipinski definition) is 2. The first kappa shape index (κ1) is 17.6. The minimum absolute atomic E-state index is 0.267. The Kier molecular flexibility index (Phi) is 5.42. The molecule has 22 heavy (non-hydrogen) atoms. The minimum atomic E-state index is -1.08. The first-order valence-electron chi connectivity index (χ1n) is 7.50. The van der Waals surface area contributed by atoms with Gasteiger partial charge in [-0.15, -0.1) is 0 Å². The van der Waals surface area contributed by atoms with Gasteiger partial charge in [0.05, 0.1) is 0 Å². The second-order valence-corrected chi connectivity index (χ2v) is 6.09. The first-order valence-corrected chi connectivity index (χ1v) is 7.50. The molecule has 0 radical (unpaired) electrons. The molecular formula is C16H26O6. The molecule has 0 spiro atoms. The van der Waals surface area contributed by atoms with Gasteiger partial charge in [0.2, 0.25) is 0 Å². The molecule has 2 N–H and O–H groups in total. The molecule has 1 heterocycles. The van der Waals surface area contributed by atoms with Gasteiger partial charge in [0.25, 0.3) is 0 Å². The van der Waals surface area contributed by atoms with Crippen molar-refractivity contribution >= 4 is 0 Å². The molecule has 1 fully saturated rings. The van der Waals surface area contributed by atoms with Crippen LogP contribution in [0.4, 0.5) is 0 Å². The summed E-state index contributed by atoms with van der Waals surface area (Å²) in [6.07, 6.45) is 5.54. The standard InChI is InChI=1S/C16H26O6/c1-15(2)21-14-11(17)8-9-12(18)16(14,22-15)10-6-5-7-13(19-3)20-4/h6,8-14,17-18H,5,7H2,1-4H3/b10-6-/t11-,12+,14+,16-/m0/s1. The van der Waals surface area contributed by atoms with Crippen molar-refractivity contribution in [2.45, 2.75) is 62.7 Å². The Hall–Kier alpha value is -0.760. The van der Waals surface area contributed by atoms with E-state index in [-0.39, 0.29) is 6.29 Å². The van der Waals surface area contributed by atoms with E-state index < -0.39 is 29.7 Å². The van der Waals surface area contributed by atoms with Crippen LogP contribution in [-0.2, 0) is 18.9 Å². The maximum absolute atomic E-state index is 10.4. The Balaban J connectivity index is 2.12. The van der Waals surface area contributed by atoms with Gasteiger partial charge >= 0.3 is 0 Å². The maximum Gasteiger partial charge on any atom is 0.164 e. The van der Waals surface area contributed by atoms with E-state index in [9.17, 15) is 10.2 Å². The Morgan fingerprint density at radius 3 is 2.55 bits per heavy atom. The molecule has 0 amide bonds. The van der Waals surface area contributed by atoms with E-state index in [4.69, 9.17) is 18.9 Å². The molecule has 1 saturated heterocycles. The maximum atomic E-state index is 10.4. The summed E-state index contributed by atoms with van der Waals surface area (Å²) in [6.45, 7) is 3.54. The Morgan fingerprint density at radius 2 is 1.91 bits per heavy atom. The van der Waals surface area contributed by atoms with Gasteiger partial charge in [-0.05, 0) is 20.3 Å². The van der Waals surface area contributed by atoms with Crippen LogP contribution in [0.25, 0.3) is 0 Å². The van der Waals surface area contributed by atoms with Gasteiger partial charge in [-0.2, -0.15) is 0 Å². The predicted molar refractivity (Wildman–Crippen MR) is 80.1 cm³/mol. The van der Waals surface area contributed by atoms with Crippen LogP contribution in [-0.4, -0.2) is 60.4 Å². The molecule has 0 unspecified atom stereocenters. The quantitative estimate of drug-likeness (QED) is 0.565. The van der Waals surface area contributed by atoms with E-state index in [1.165, 1.54) is 6.08 Å². The zero-order valence-corrected chi connectivity index (χ0v) is 13.6. The van der Waals surface area contributed by atoms with Crippen LogP contribution < -0.4 is 0 Å². The second-order valence-electron chi connectivity index (χ2n) is 6.09. The monoisotopic (exact) mass is 314 g/mol. The smallest absolute Gasteiger partial charge is 0.164 e. The lowest BCUT2D eigenvalue weighted by molar-refractivity contribution is -0.167. The van der Waals surface area contributed by atoms with E-state index in [1.807, 2.05) is 6.08 Å². The lowest BCUT2D eigenvalue weighted by Gasteiger charge is -2.37. The summed E-state index contributed by atoms with van der Waals surface area (Å²) in [5.41, 5.74) is -1.08. The highest BCUT2D eigenvalue weighted by molar-refractivity contribution is 5.26. The number of aliphatic hydroxyl groups excluding tert-OH is 2. The summed E-state index contributed by atoms with van der Waals surface area (Å²) in [6, 6.07) is 0. The number of methoxy groups -OCH3 is 2. The summed E-state index contributed by atoms with van der Waals surface area (Å²) in [7, 11) is 3.18. The number of allylic oxidation sites excluding steroid dienone is 1. The van der Waals surface area contributed by atoms with Gasteiger partial charge in [0.15, 0.2) is 12.1 Å². The minimum Gasteiger partial charge on any atom is -0.386 e. The lowest BCUT2D eigenvalue weighted by atomic mass is 9.82. The topological polar surface area (TPSA) is 77.4 Å². The number of fused-ring (bicyclic) bond motifs is 1. The fourth-order valence-corrected chi connectivity index (χ4v) is 3.00. The van der Waals surface area contributed by atoms with Crippen molar-refractivity contribution in [3.63, 3.8) is 0 Å². The third-order valence-corrected chi connectivity index (χ3v) is 4.01. The molecule has 0 bridgehead atoms. The summed E-state index contributed by atoms with van der Waals surface area (Å²) in [4.78, 5) is 0.